The summed E-state index contributed by atoms with van der Waals surface area (Å²) < 4.78 is 1.85. The molecular formula is C11H16N2O2. The van der Waals surface area contributed by atoms with E-state index in [2.05, 4.69) is 5.10 Å². The second kappa shape index (κ2) is 4.04. The highest BCUT2D eigenvalue weighted by Gasteiger charge is 2.21. The van der Waals surface area contributed by atoms with Crippen molar-refractivity contribution in [3.05, 3.63) is 17.0 Å². The van der Waals surface area contributed by atoms with E-state index in [1.54, 1.807) is 0 Å². The van der Waals surface area contributed by atoms with E-state index in [4.69, 9.17) is 5.11 Å². The zero-order valence-corrected chi connectivity index (χ0v) is 8.99. The van der Waals surface area contributed by atoms with E-state index in [0.717, 1.165) is 37.2 Å². The lowest BCUT2D eigenvalue weighted by Crippen LogP contribution is -2.10. The molecule has 0 saturated carbocycles. The number of carboxylic acids is 1. The van der Waals surface area contributed by atoms with Crippen LogP contribution in [0.15, 0.2) is 0 Å². The average molecular weight is 208 g/mol. The third-order valence-electron chi connectivity index (χ3n) is 2.96. The van der Waals surface area contributed by atoms with Crippen molar-refractivity contribution in [1.82, 2.24) is 9.78 Å². The van der Waals surface area contributed by atoms with Gasteiger partial charge >= 0.3 is 5.97 Å². The molecule has 0 bridgehead atoms. The molecule has 2 rings (SSSR count). The van der Waals surface area contributed by atoms with Crippen molar-refractivity contribution < 1.29 is 9.90 Å². The van der Waals surface area contributed by atoms with Gasteiger partial charge in [-0.1, -0.05) is 0 Å². The molecule has 4 heteroatoms. The Labute approximate surface area is 88.9 Å². The summed E-state index contributed by atoms with van der Waals surface area (Å²) in [6, 6.07) is 0. The van der Waals surface area contributed by atoms with Crippen LogP contribution in [0.1, 0.15) is 36.7 Å². The Morgan fingerprint density at radius 2 is 2.20 bits per heavy atom. The molecule has 0 radical (unpaired) electrons. The molecule has 0 aliphatic heterocycles. The van der Waals surface area contributed by atoms with Gasteiger partial charge < -0.3 is 5.11 Å². The zero-order valence-electron chi connectivity index (χ0n) is 8.99. The minimum Gasteiger partial charge on any atom is -0.481 e. The van der Waals surface area contributed by atoms with Crippen LogP contribution in [-0.2, 0) is 30.6 Å². The molecule has 1 aromatic heterocycles. The van der Waals surface area contributed by atoms with Gasteiger partial charge in [-0.25, -0.2) is 0 Å². The van der Waals surface area contributed by atoms with Crippen molar-refractivity contribution in [2.75, 3.05) is 0 Å². The Balaban J connectivity index is 2.39. The number of hydrogen-bond donors (Lipinski definition) is 1. The first-order valence-corrected chi connectivity index (χ1v) is 5.51. The number of carbonyl (C=O) groups is 1. The van der Waals surface area contributed by atoms with Gasteiger partial charge in [0.15, 0.2) is 0 Å². The third kappa shape index (κ3) is 1.89. The van der Waals surface area contributed by atoms with Crippen molar-refractivity contribution >= 4 is 5.97 Å². The molecule has 0 amide bonds. The predicted molar refractivity (Wildman–Crippen MR) is 55.9 cm³/mol. The standard InChI is InChI=1S/C11H16N2O2/c1-2-13-10(7-11(14)15)8-5-3-4-6-9(8)12-13/h2-7H2,1H3,(H,14,15). The van der Waals surface area contributed by atoms with Crippen LogP contribution in [0.5, 0.6) is 0 Å². The molecule has 1 aliphatic rings. The van der Waals surface area contributed by atoms with Crippen molar-refractivity contribution in [3.8, 4) is 0 Å². The highest BCUT2D eigenvalue weighted by molar-refractivity contribution is 5.70. The van der Waals surface area contributed by atoms with Crippen LogP contribution in [0.2, 0.25) is 0 Å². The van der Waals surface area contributed by atoms with E-state index in [1.165, 1.54) is 12.0 Å². The van der Waals surface area contributed by atoms with Gasteiger partial charge in [-0.3, -0.25) is 9.48 Å². The molecule has 4 nitrogen and oxygen atoms in total. The number of aromatic nitrogens is 2. The van der Waals surface area contributed by atoms with E-state index >= 15 is 0 Å². The Hall–Kier alpha value is -1.32. The summed E-state index contributed by atoms with van der Waals surface area (Å²) in [6.07, 6.45) is 4.46. The first kappa shape index (κ1) is 10.2. The zero-order chi connectivity index (χ0) is 10.8. The summed E-state index contributed by atoms with van der Waals surface area (Å²) in [5.74, 6) is -0.766. The van der Waals surface area contributed by atoms with Crippen LogP contribution in [0.4, 0.5) is 0 Å². The van der Waals surface area contributed by atoms with Gasteiger partial charge in [0.05, 0.1) is 17.8 Å². The maximum absolute atomic E-state index is 10.8. The lowest BCUT2D eigenvalue weighted by atomic mass is 9.95. The highest BCUT2D eigenvalue weighted by Crippen LogP contribution is 2.24. The molecule has 15 heavy (non-hydrogen) atoms. The number of aryl methyl sites for hydroxylation is 2. The van der Waals surface area contributed by atoms with Gasteiger partial charge in [0.2, 0.25) is 0 Å². The molecule has 0 fully saturated rings. The SMILES string of the molecule is CCn1nc2c(c1CC(=O)O)CCCC2. The van der Waals surface area contributed by atoms with Crippen LogP contribution < -0.4 is 0 Å². The van der Waals surface area contributed by atoms with Gasteiger partial charge in [0.1, 0.15) is 0 Å². The normalized spacial score (nSPS) is 15.0. The summed E-state index contributed by atoms with van der Waals surface area (Å²) in [7, 11) is 0. The van der Waals surface area contributed by atoms with Gasteiger partial charge in [0, 0.05) is 6.54 Å². The fourth-order valence-electron chi connectivity index (χ4n) is 2.28. The van der Waals surface area contributed by atoms with Gasteiger partial charge in [-0.05, 0) is 38.2 Å². The molecule has 0 aromatic carbocycles. The molecule has 0 saturated heterocycles. The summed E-state index contributed by atoms with van der Waals surface area (Å²) in [6.45, 7) is 2.76. The second-order valence-electron chi connectivity index (χ2n) is 3.97. The Kier molecular flexibility index (Phi) is 2.75. The van der Waals surface area contributed by atoms with Crippen molar-refractivity contribution in [2.45, 2.75) is 45.6 Å². The van der Waals surface area contributed by atoms with Crippen molar-refractivity contribution in [1.29, 1.82) is 0 Å². The minimum absolute atomic E-state index is 0.107. The Morgan fingerprint density at radius 1 is 1.47 bits per heavy atom. The number of hydrogen-bond acceptors (Lipinski definition) is 2. The largest absolute Gasteiger partial charge is 0.481 e. The number of carboxylic acid groups (broad SMARTS) is 1. The summed E-state index contributed by atoms with van der Waals surface area (Å²) in [4.78, 5) is 10.8. The maximum Gasteiger partial charge on any atom is 0.309 e. The maximum atomic E-state index is 10.8. The number of aliphatic carboxylic acids is 1. The molecule has 1 aromatic rings. The molecule has 1 heterocycles. The van der Waals surface area contributed by atoms with Crippen LogP contribution >= 0.6 is 0 Å². The van der Waals surface area contributed by atoms with Gasteiger partial charge in [0.25, 0.3) is 0 Å². The first-order chi connectivity index (χ1) is 7.22. The van der Waals surface area contributed by atoms with E-state index in [1.807, 2.05) is 11.6 Å². The minimum atomic E-state index is -0.766. The van der Waals surface area contributed by atoms with Gasteiger partial charge in [-0.15, -0.1) is 0 Å². The first-order valence-electron chi connectivity index (χ1n) is 5.51. The van der Waals surface area contributed by atoms with E-state index in [9.17, 15) is 4.79 Å². The average Bonchev–Trinajstić information content (AvgIpc) is 2.56. The fourth-order valence-corrected chi connectivity index (χ4v) is 2.28. The third-order valence-corrected chi connectivity index (χ3v) is 2.96. The van der Waals surface area contributed by atoms with Crippen LogP contribution in [-0.4, -0.2) is 20.9 Å². The van der Waals surface area contributed by atoms with Crippen LogP contribution in [0, 0.1) is 0 Å². The van der Waals surface area contributed by atoms with E-state index < -0.39 is 5.97 Å². The monoisotopic (exact) mass is 208 g/mol. The van der Waals surface area contributed by atoms with Crippen molar-refractivity contribution in [3.63, 3.8) is 0 Å². The van der Waals surface area contributed by atoms with Crippen LogP contribution in [0.3, 0.4) is 0 Å². The molecule has 0 atom stereocenters. The quantitative estimate of drug-likeness (QED) is 0.817. The van der Waals surface area contributed by atoms with E-state index in [-0.39, 0.29) is 6.42 Å². The highest BCUT2D eigenvalue weighted by atomic mass is 16.4. The summed E-state index contributed by atoms with van der Waals surface area (Å²) in [5, 5.41) is 13.3. The summed E-state index contributed by atoms with van der Waals surface area (Å²) >= 11 is 0. The number of nitrogens with zero attached hydrogens (tertiary/aromatic N) is 2. The number of fused-ring (bicyclic) bond motifs is 1. The lowest BCUT2D eigenvalue weighted by molar-refractivity contribution is -0.136. The Morgan fingerprint density at radius 3 is 2.87 bits per heavy atom. The molecule has 82 valence electrons. The fraction of sp³-hybridized carbons (Fsp3) is 0.636. The smallest absolute Gasteiger partial charge is 0.309 e. The second-order valence-corrected chi connectivity index (χ2v) is 3.97. The summed E-state index contributed by atoms with van der Waals surface area (Å²) in [5.41, 5.74) is 3.24. The van der Waals surface area contributed by atoms with Crippen LogP contribution in [0.25, 0.3) is 0 Å². The molecule has 0 spiro atoms. The molecule has 0 unspecified atom stereocenters. The van der Waals surface area contributed by atoms with Crippen molar-refractivity contribution in [2.24, 2.45) is 0 Å². The number of rotatable bonds is 3. The Bertz CT molecular complexity index is 382. The van der Waals surface area contributed by atoms with Gasteiger partial charge in [-0.2, -0.15) is 5.10 Å². The predicted octanol–water partition coefficient (Wildman–Crippen LogP) is 1.41. The lowest BCUT2D eigenvalue weighted by Gasteiger charge is -2.10. The van der Waals surface area contributed by atoms with E-state index in [0.29, 0.717) is 0 Å². The topological polar surface area (TPSA) is 55.1 Å². The molecular weight excluding hydrogens is 192 g/mol. The molecule has 1 N–H and O–H groups in total. The molecule has 1 aliphatic carbocycles.